The molecule has 0 radical (unpaired) electrons. The van der Waals surface area contributed by atoms with Crippen LogP contribution in [0.1, 0.15) is 18.2 Å². The lowest BCUT2D eigenvalue weighted by molar-refractivity contribution is 0.198. The van der Waals surface area contributed by atoms with Crippen molar-refractivity contribution in [3.63, 3.8) is 0 Å². The summed E-state index contributed by atoms with van der Waals surface area (Å²) in [7, 11) is -3.49. The molecule has 1 aliphatic rings. The minimum atomic E-state index is -3.49. The fourth-order valence-electron chi connectivity index (χ4n) is 2.08. The summed E-state index contributed by atoms with van der Waals surface area (Å²) in [6, 6.07) is 1.93. The van der Waals surface area contributed by atoms with E-state index in [9.17, 15) is 13.5 Å². The number of hydrogen-bond acceptors (Lipinski definition) is 7. The minimum Gasteiger partial charge on any atom is -0.396 e. The summed E-state index contributed by atoms with van der Waals surface area (Å²) in [6.45, 7) is 2.48. The van der Waals surface area contributed by atoms with Crippen molar-refractivity contribution in [2.75, 3.05) is 29.5 Å². The van der Waals surface area contributed by atoms with Crippen LogP contribution < -0.4 is 10.6 Å². The van der Waals surface area contributed by atoms with Crippen LogP contribution in [0.5, 0.6) is 0 Å². The highest BCUT2D eigenvalue weighted by Crippen LogP contribution is 2.42. The maximum Gasteiger partial charge on any atom is 0.183 e. The van der Waals surface area contributed by atoms with E-state index in [4.69, 9.17) is 11.0 Å². The maximum absolute atomic E-state index is 12.1. The van der Waals surface area contributed by atoms with Crippen molar-refractivity contribution in [1.82, 2.24) is 0 Å². The molecule has 1 fully saturated rings. The Hall–Kier alpha value is -1.30. The Morgan fingerprint density at radius 1 is 1.63 bits per heavy atom. The van der Waals surface area contributed by atoms with E-state index < -0.39 is 15.9 Å². The van der Waals surface area contributed by atoms with Crippen molar-refractivity contribution in [3.8, 4) is 6.07 Å². The van der Waals surface area contributed by atoms with Crippen LogP contribution in [0, 0.1) is 11.3 Å². The summed E-state index contributed by atoms with van der Waals surface area (Å²) >= 11 is 1.08. The monoisotopic (exact) mass is 301 g/mol. The number of rotatable bonds is 3. The molecular formula is C11H15N3O3S2. The lowest BCUT2D eigenvalue weighted by Gasteiger charge is -2.17. The highest BCUT2D eigenvalue weighted by molar-refractivity contribution is 7.91. The fourth-order valence-corrected chi connectivity index (χ4v) is 4.72. The van der Waals surface area contributed by atoms with E-state index in [1.807, 2.05) is 6.07 Å². The molecule has 19 heavy (non-hydrogen) atoms. The van der Waals surface area contributed by atoms with E-state index in [1.54, 1.807) is 11.8 Å². The largest absolute Gasteiger partial charge is 0.396 e. The molecule has 2 heterocycles. The van der Waals surface area contributed by atoms with Crippen molar-refractivity contribution in [2.24, 2.45) is 0 Å². The molecule has 6 nitrogen and oxygen atoms in total. The first-order chi connectivity index (χ1) is 8.90. The SMILES string of the molecule is CCS(=O)(=O)c1c(N2CCC(O)C2)sc(C#N)c1N. The normalized spacial score (nSPS) is 19.6. The number of nitrogens with zero attached hydrogens (tertiary/aromatic N) is 2. The zero-order valence-electron chi connectivity index (χ0n) is 10.5. The van der Waals surface area contributed by atoms with Crippen LogP contribution in [0.3, 0.4) is 0 Å². The molecule has 1 aliphatic heterocycles. The predicted molar refractivity (Wildman–Crippen MR) is 74.0 cm³/mol. The van der Waals surface area contributed by atoms with Crippen molar-refractivity contribution < 1.29 is 13.5 Å². The van der Waals surface area contributed by atoms with Gasteiger partial charge in [0.05, 0.1) is 17.5 Å². The van der Waals surface area contributed by atoms with Crippen LogP contribution in [0.2, 0.25) is 0 Å². The summed E-state index contributed by atoms with van der Waals surface area (Å²) in [4.78, 5) is 2.05. The van der Waals surface area contributed by atoms with E-state index >= 15 is 0 Å². The summed E-state index contributed by atoms with van der Waals surface area (Å²) < 4.78 is 24.3. The second-order valence-electron chi connectivity index (χ2n) is 4.38. The van der Waals surface area contributed by atoms with Gasteiger partial charge in [0.1, 0.15) is 20.8 Å². The first kappa shape index (κ1) is 14.1. The molecule has 1 saturated heterocycles. The van der Waals surface area contributed by atoms with Crippen LogP contribution in [-0.4, -0.2) is 38.5 Å². The topological polar surface area (TPSA) is 107 Å². The second kappa shape index (κ2) is 5.00. The fraction of sp³-hybridized carbons (Fsp3) is 0.545. The van der Waals surface area contributed by atoms with Gasteiger partial charge in [-0.1, -0.05) is 6.92 Å². The highest BCUT2D eigenvalue weighted by Gasteiger charge is 2.32. The molecule has 1 aromatic heterocycles. The third-order valence-corrected chi connectivity index (χ3v) is 6.22. The number of anilines is 2. The van der Waals surface area contributed by atoms with Crippen LogP contribution in [0.4, 0.5) is 10.7 Å². The number of sulfone groups is 1. The van der Waals surface area contributed by atoms with Crippen molar-refractivity contribution >= 4 is 31.9 Å². The van der Waals surface area contributed by atoms with Gasteiger partial charge in [0.25, 0.3) is 0 Å². The third kappa shape index (κ3) is 2.41. The Bertz CT molecular complexity index is 630. The zero-order chi connectivity index (χ0) is 14.2. The van der Waals surface area contributed by atoms with Gasteiger partial charge in [-0.2, -0.15) is 5.26 Å². The molecule has 3 N–H and O–H groups in total. The van der Waals surface area contributed by atoms with Gasteiger partial charge in [-0.25, -0.2) is 8.42 Å². The molecule has 0 amide bonds. The van der Waals surface area contributed by atoms with E-state index in [-0.39, 0.29) is 21.2 Å². The van der Waals surface area contributed by atoms with Crippen LogP contribution in [0.25, 0.3) is 0 Å². The Balaban J connectivity index is 2.58. The summed E-state index contributed by atoms with van der Waals surface area (Å²) in [6.07, 6.45) is 0.122. The lowest BCUT2D eigenvalue weighted by Crippen LogP contribution is -2.22. The smallest absolute Gasteiger partial charge is 0.183 e. The van der Waals surface area contributed by atoms with Gasteiger partial charge >= 0.3 is 0 Å². The number of hydrogen-bond donors (Lipinski definition) is 2. The number of aliphatic hydroxyl groups excluding tert-OH is 1. The molecule has 1 atom stereocenters. The minimum absolute atomic E-state index is 0.0331. The van der Waals surface area contributed by atoms with Crippen LogP contribution in [-0.2, 0) is 9.84 Å². The van der Waals surface area contributed by atoms with Gasteiger partial charge in [-0.15, -0.1) is 11.3 Å². The van der Waals surface area contributed by atoms with Crippen molar-refractivity contribution in [3.05, 3.63) is 4.88 Å². The van der Waals surface area contributed by atoms with Crippen molar-refractivity contribution in [2.45, 2.75) is 24.3 Å². The third-order valence-electron chi connectivity index (χ3n) is 3.13. The zero-order valence-corrected chi connectivity index (χ0v) is 12.1. The Morgan fingerprint density at radius 3 is 2.79 bits per heavy atom. The van der Waals surface area contributed by atoms with E-state index in [0.29, 0.717) is 24.5 Å². The van der Waals surface area contributed by atoms with Gasteiger partial charge in [-0.3, -0.25) is 0 Å². The summed E-state index contributed by atoms with van der Waals surface area (Å²) in [5, 5.41) is 19.0. The summed E-state index contributed by atoms with van der Waals surface area (Å²) in [5.41, 5.74) is 5.83. The van der Waals surface area contributed by atoms with Gasteiger partial charge in [0, 0.05) is 13.1 Å². The molecule has 0 aromatic carbocycles. The number of nitriles is 1. The van der Waals surface area contributed by atoms with Gasteiger partial charge in [-0.05, 0) is 6.42 Å². The maximum atomic E-state index is 12.1. The molecule has 104 valence electrons. The Kier molecular flexibility index (Phi) is 3.71. The summed E-state index contributed by atoms with van der Waals surface area (Å²) in [5.74, 6) is -0.0673. The second-order valence-corrected chi connectivity index (χ2v) is 7.60. The molecular weight excluding hydrogens is 286 g/mol. The predicted octanol–water partition coefficient (Wildman–Crippen LogP) is 0.567. The van der Waals surface area contributed by atoms with E-state index in [1.165, 1.54) is 0 Å². The standard InChI is InChI=1S/C11H15N3O3S2/c1-2-19(16,17)10-9(13)8(5-12)18-11(10)14-4-3-7(15)6-14/h7,15H,2-4,6,13H2,1H3. The average molecular weight is 301 g/mol. The van der Waals surface area contributed by atoms with E-state index in [2.05, 4.69) is 0 Å². The molecule has 0 aliphatic carbocycles. The van der Waals surface area contributed by atoms with Crippen LogP contribution >= 0.6 is 11.3 Å². The molecule has 1 aromatic rings. The molecule has 0 saturated carbocycles. The number of aliphatic hydroxyl groups is 1. The number of nitrogen functional groups attached to an aromatic ring is 1. The lowest BCUT2D eigenvalue weighted by atomic mass is 10.3. The Labute approximate surface area is 116 Å². The van der Waals surface area contributed by atoms with Gasteiger partial charge < -0.3 is 15.7 Å². The Morgan fingerprint density at radius 2 is 2.32 bits per heavy atom. The molecule has 2 rings (SSSR count). The first-order valence-corrected chi connectivity index (χ1v) is 8.35. The van der Waals surface area contributed by atoms with Gasteiger partial charge in [0.2, 0.25) is 0 Å². The van der Waals surface area contributed by atoms with Gasteiger partial charge in [0.15, 0.2) is 9.84 Å². The van der Waals surface area contributed by atoms with Crippen LogP contribution in [0.15, 0.2) is 4.90 Å². The average Bonchev–Trinajstić information content (AvgIpc) is 2.93. The molecule has 0 bridgehead atoms. The molecule has 8 heteroatoms. The highest BCUT2D eigenvalue weighted by atomic mass is 32.2. The number of nitrogens with two attached hydrogens (primary N) is 1. The number of thiophene rings is 1. The quantitative estimate of drug-likeness (QED) is 0.845. The number of β-amino-alcohol motifs (C(OH)–C–C–N with tert-alkyl or cyclic N) is 1. The van der Waals surface area contributed by atoms with Crippen molar-refractivity contribution in [1.29, 1.82) is 5.26 Å². The van der Waals surface area contributed by atoms with E-state index in [0.717, 1.165) is 11.3 Å². The first-order valence-electron chi connectivity index (χ1n) is 5.88. The molecule has 0 spiro atoms. The molecule has 1 unspecified atom stereocenters.